The Hall–Kier alpha value is -1.60. The van der Waals surface area contributed by atoms with Gasteiger partial charge < -0.3 is 8.92 Å². The van der Waals surface area contributed by atoms with Crippen molar-refractivity contribution in [3.63, 3.8) is 0 Å². The molecule has 0 bridgehead atoms. The SMILES string of the molecule is CCCCCCCCOC(=O)c1cccc(CCCCCCCC)c1OS(=O)(=O)O. The van der Waals surface area contributed by atoms with Crippen LogP contribution in [0.3, 0.4) is 0 Å². The number of aryl methyl sites for hydroxylation is 1. The van der Waals surface area contributed by atoms with Crippen LogP contribution in [0, 0.1) is 0 Å². The second kappa shape index (κ2) is 15.2. The standard InChI is InChI=1S/C23H38O6S/c1-3-5-7-9-11-13-16-20-17-15-18-21(22(20)29-30(25,26)27)23(24)28-19-14-12-10-8-6-4-2/h15,17-18H,3-14,16,19H2,1-2H3,(H,25,26,27). The Bertz CT molecular complexity index is 714. The first-order valence-corrected chi connectivity index (χ1v) is 12.7. The minimum atomic E-state index is -4.74. The van der Waals surface area contributed by atoms with Gasteiger partial charge in [-0.05, 0) is 30.9 Å². The molecule has 1 rings (SSSR count). The molecule has 0 radical (unpaired) electrons. The Morgan fingerprint density at radius 3 is 2.03 bits per heavy atom. The van der Waals surface area contributed by atoms with Crippen molar-refractivity contribution in [2.75, 3.05) is 6.61 Å². The van der Waals surface area contributed by atoms with Crippen molar-refractivity contribution in [3.8, 4) is 5.75 Å². The minimum Gasteiger partial charge on any atom is -0.462 e. The molecule has 0 spiro atoms. The van der Waals surface area contributed by atoms with E-state index >= 15 is 0 Å². The zero-order valence-corrected chi connectivity index (χ0v) is 19.3. The second-order valence-corrected chi connectivity index (χ2v) is 8.75. The van der Waals surface area contributed by atoms with Crippen LogP contribution in [0.1, 0.15) is 107 Å². The van der Waals surface area contributed by atoms with E-state index in [1.807, 2.05) is 0 Å². The summed E-state index contributed by atoms with van der Waals surface area (Å²) in [5.74, 6) is -0.756. The van der Waals surface area contributed by atoms with E-state index in [2.05, 4.69) is 13.8 Å². The van der Waals surface area contributed by atoms with Crippen LogP contribution in [-0.2, 0) is 21.6 Å². The molecule has 6 nitrogen and oxygen atoms in total. The topological polar surface area (TPSA) is 89.9 Å². The number of benzene rings is 1. The summed E-state index contributed by atoms with van der Waals surface area (Å²) in [6, 6.07) is 4.87. The normalized spacial score (nSPS) is 11.4. The maximum Gasteiger partial charge on any atom is 0.446 e. The fraction of sp³-hybridized carbons (Fsp3) is 0.696. The summed E-state index contributed by atoms with van der Waals surface area (Å²) in [5.41, 5.74) is 0.610. The van der Waals surface area contributed by atoms with Crippen molar-refractivity contribution >= 4 is 16.4 Å². The third kappa shape index (κ3) is 11.6. The average Bonchev–Trinajstić information content (AvgIpc) is 2.69. The van der Waals surface area contributed by atoms with Gasteiger partial charge in [0.2, 0.25) is 0 Å². The Balaban J connectivity index is 2.70. The predicted octanol–water partition coefficient (Wildman–Crippen LogP) is 6.29. The van der Waals surface area contributed by atoms with Crippen LogP contribution in [0.25, 0.3) is 0 Å². The fourth-order valence-electron chi connectivity index (χ4n) is 3.37. The first-order chi connectivity index (χ1) is 14.4. The molecule has 0 aromatic heterocycles. The van der Waals surface area contributed by atoms with Gasteiger partial charge in [-0.25, -0.2) is 4.79 Å². The number of para-hydroxylation sites is 1. The molecule has 30 heavy (non-hydrogen) atoms. The number of hydrogen-bond acceptors (Lipinski definition) is 5. The summed E-state index contributed by atoms with van der Waals surface area (Å²) < 4.78 is 42.0. The fourth-order valence-corrected chi connectivity index (χ4v) is 3.77. The lowest BCUT2D eigenvalue weighted by Crippen LogP contribution is -2.14. The van der Waals surface area contributed by atoms with Gasteiger partial charge in [-0.1, -0.05) is 90.2 Å². The monoisotopic (exact) mass is 442 g/mol. The first kappa shape index (κ1) is 26.4. The third-order valence-corrected chi connectivity index (χ3v) is 5.41. The molecule has 0 aliphatic heterocycles. The summed E-state index contributed by atoms with van der Waals surface area (Å²) in [5, 5.41) is 0. The lowest BCUT2D eigenvalue weighted by Gasteiger charge is -2.13. The highest BCUT2D eigenvalue weighted by molar-refractivity contribution is 7.81. The highest BCUT2D eigenvalue weighted by Gasteiger charge is 2.21. The average molecular weight is 443 g/mol. The molecule has 1 aromatic carbocycles. The van der Waals surface area contributed by atoms with Crippen LogP contribution in [0.5, 0.6) is 5.75 Å². The lowest BCUT2D eigenvalue weighted by molar-refractivity contribution is 0.0495. The summed E-state index contributed by atoms with van der Waals surface area (Å²) in [6.07, 6.45) is 13.5. The summed E-state index contributed by atoms with van der Waals surface area (Å²) in [7, 11) is -4.74. The van der Waals surface area contributed by atoms with Gasteiger partial charge in [0.25, 0.3) is 0 Å². The van der Waals surface area contributed by atoms with Crippen molar-refractivity contribution in [2.24, 2.45) is 0 Å². The van der Waals surface area contributed by atoms with Gasteiger partial charge in [-0.15, -0.1) is 0 Å². The molecule has 0 heterocycles. The van der Waals surface area contributed by atoms with Gasteiger partial charge in [0.05, 0.1) is 6.61 Å². The van der Waals surface area contributed by atoms with E-state index in [1.54, 1.807) is 12.1 Å². The minimum absolute atomic E-state index is 0.0297. The number of rotatable bonds is 17. The number of ether oxygens (including phenoxy) is 1. The van der Waals surface area contributed by atoms with E-state index in [0.29, 0.717) is 12.0 Å². The maximum absolute atomic E-state index is 12.5. The van der Waals surface area contributed by atoms with Crippen molar-refractivity contribution in [1.82, 2.24) is 0 Å². The largest absolute Gasteiger partial charge is 0.462 e. The van der Waals surface area contributed by atoms with Gasteiger partial charge in [-0.2, -0.15) is 8.42 Å². The number of esters is 1. The summed E-state index contributed by atoms with van der Waals surface area (Å²) in [6.45, 7) is 4.60. The molecular weight excluding hydrogens is 404 g/mol. The van der Waals surface area contributed by atoms with E-state index in [-0.39, 0.29) is 17.9 Å². The molecule has 0 saturated heterocycles. The zero-order valence-electron chi connectivity index (χ0n) is 18.5. The van der Waals surface area contributed by atoms with Gasteiger partial charge in [0, 0.05) is 0 Å². The highest BCUT2D eigenvalue weighted by atomic mass is 32.3. The molecule has 0 amide bonds. The number of unbranched alkanes of at least 4 members (excludes halogenated alkanes) is 10. The summed E-state index contributed by atoms with van der Waals surface area (Å²) >= 11 is 0. The lowest BCUT2D eigenvalue weighted by atomic mass is 10.0. The molecule has 0 aliphatic carbocycles. The Labute approximate surface area is 182 Å². The molecule has 1 N–H and O–H groups in total. The van der Waals surface area contributed by atoms with Crippen molar-refractivity contribution in [3.05, 3.63) is 29.3 Å². The third-order valence-electron chi connectivity index (χ3n) is 5.04. The van der Waals surface area contributed by atoms with Gasteiger partial charge in [0.15, 0.2) is 5.75 Å². The molecule has 1 aromatic rings. The summed E-state index contributed by atoms with van der Waals surface area (Å²) in [4.78, 5) is 12.5. The first-order valence-electron chi connectivity index (χ1n) is 11.3. The molecule has 0 saturated carbocycles. The van der Waals surface area contributed by atoms with Crippen LogP contribution >= 0.6 is 0 Å². The van der Waals surface area contributed by atoms with E-state index in [0.717, 1.165) is 38.5 Å². The maximum atomic E-state index is 12.5. The van der Waals surface area contributed by atoms with E-state index in [9.17, 15) is 17.8 Å². The second-order valence-electron chi connectivity index (χ2n) is 7.73. The Morgan fingerprint density at radius 1 is 0.867 bits per heavy atom. The molecule has 0 fully saturated rings. The van der Waals surface area contributed by atoms with Crippen LogP contribution in [0.2, 0.25) is 0 Å². The van der Waals surface area contributed by atoms with Crippen molar-refractivity contribution < 1.29 is 26.7 Å². The molecule has 0 aliphatic rings. The molecule has 0 unspecified atom stereocenters. The van der Waals surface area contributed by atoms with Crippen LogP contribution < -0.4 is 4.18 Å². The van der Waals surface area contributed by atoms with Crippen LogP contribution in [-0.4, -0.2) is 25.5 Å². The number of carbonyl (C=O) groups excluding carboxylic acids is 1. The van der Waals surface area contributed by atoms with Gasteiger partial charge >= 0.3 is 16.4 Å². The molecule has 0 atom stereocenters. The van der Waals surface area contributed by atoms with Crippen molar-refractivity contribution in [2.45, 2.75) is 97.3 Å². The van der Waals surface area contributed by atoms with E-state index < -0.39 is 16.4 Å². The van der Waals surface area contributed by atoms with Gasteiger partial charge in [0.1, 0.15) is 5.56 Å². The number of hydrogen-bond donors (Lipinski definition) is 1. The van der Waals surface area contributed by atoms with Crippen LogP contribution in [0.4, 0.5) is 0 Å². The van der Waals surface area contributed by atoms with E-state index in [4.69, 9.17) is 8.92 Å². The quantitative estimate of drug-likeness (QED) is 0.173. The molecule has 7 heteroatoms. The molecule has 172 valence electrons. The Morgan fingerprint density at radius 2 is 1.43 bits per heavy atom. The predicted molar refractivity (Wildman–Crippen MR) is 119 cm³/mol. The van der Waals surface area contributed by atoms with Crippen molar-refractivity contribution in [1.29, 1.82) is 0 Å². The van der Waals surface area contributed by atoms with Crippen LogP contribution in [0.15, 0.2) is 18.2 Å². The Kier molecular flexibility index (Phi) is 13.4. The van der Waals surface area contributed by atoms with Gasteiger partial charge in [-0.3, -0.25) is 4.55 Å². The number of carbonyl (C=O) groups is 1. The molecular formula is C23H38O6S. The highest BCUT2D eigenvalue weighted by Crippen LogP contribution is 2.28. The van der Waals surface area contributed by atoms with E-state index in [1.165, 1.54) is 44.6 Å². The smallest absolute Gasteiger partial charge is 0.446 e. The zero-order chi connectivity index (χ0) is 22.2.